The lowest BCUT2D eigenvalue weighted by Crippen LogP contribution is -2.44. The lowest BCUT2D eigenvalue weighted by atomic mass is 10.1. The molecule has 2 rings (SSSR count). The molecule has 2 aromatic rings. The van der Waals surface area contributed by atoms with E-state index >= 15 is 0 Å². The number of benzene rings is 1. The maximum absolute atomic E-state index is 13.0. The second kappa shape index (κ2) is 11.3. The Kier molecular flexibility index (Phi) is 8.75. The molecule has 0 aliphatic rings. The summed E-state index contributed by atoms with van der Waals surface area (Å²) in [5, 5.41) is 0. The van der Waals surface area contributed by atoms with Gasteiger partial charge in [0.25, 0.3) is 0 Å². The predicted molar refractivity (Wildman–Crippen MR) is 108 cm³/mol. The molecule has 6 nitrogen and oxygen atoms in total. The van der Waals surface area contributed by atoms with E-state index in [-0.39, 0.29) is 18.4 Å². The van der Waals surface area contributed by atoms with Gasteiger partial charge in [0.15, 0.2) is 0 Å². The van der Waals surface area contributed by atoms with Gasteiger partial charge in [0.1, 0.15) is 11.5 Å². The van der Waals surface area contributed by atoms with Gasteiger partial charge in [-0.3, -0.25) is 9.59 Å². The number of hydrogen-bond acceptors (Lipinski definition) is 4. The Morgan fingerprint density at radius 2 is 1.75 bits per heavy atom. The third-order valence-corrected chi connectivity index (χ3v) is 4.56. The molecule has 0 bridgehead atoms. The van der Waals surface area contributed by atoms with E-state index in [0.29, 0.717) is 32.7 Å². The average molecular weight is 386 g/mol. The molecule has 0 saturated carbocycles. The molecule has 0 aliphatic heterocycles. The highest BCUT2D eigenvalue weighted by Crippen LogP contribution is 2.12. The number of carbonyl (C=O) groups is 2. The first-order chi connectivity index (χ1) is 13.5. The average Bonchev–Trinajstić information content (AvgIpc) is 3.13. The van der Waals surface area contributed by atoms with E-state index < -0.39 is 0 Å². The van der Waals surface area contributed by atoms with Gasteiger partial charge in [-0.15, -0.1) is 0 Å². The van der Waals surface area contributed by atoms with Gasteiger partial charge >= 0.3 is 0 Å². The molecule has 0 aliphatic carbocycles. The lowest BCUT2D eigenvalue weighted by molar-refractivity contribution is -0.141. The van der Waals surface area contributed by atoms with Crippen molar-refractivity contribution < 1.29 is 18.7 Å². The number of hydrogen-bond donors (Lipinski definition) is 0. The van der Waals surface area contributed by atoms with Crippen LogP contribution in [0.3, 0.4) is 0 Å². The van der Waals surface area contributed by atoms with Crippen molar-refractivity contribution in [2.45, 2.75) is 33.2 Å². The van der Waals surface area contributed by atoms with Crippen LogP contribution < -0.4 is 0 Å². The third kappa shape index (κ3) is 6.85. The predicted octanol–water partition coefficient (Wildman–Crippen LogP) is 3.04. The fourth-order valence-corrected chi connectivity index (χ4v) is 2.94. The standard InChI is InChI=1S/C22H30N2O4/c1-4-21(25)24(14-15-27-3)17-22(26)23(16-20-11-10-18(2)28-20)13-12-19-8-6-5-7-9-19/h5-11H,4,12-17H2,1-3H3. The number of ether oxygens (including phenoxy) is 1. The van der Waals surface area contributed by atoms with E-state index in [0.717, 1.165) is 23.5 Å². The number of methoxy groups -OCH3 is 1. The van der Waals surface area contributed by atoms with Gasteiger partial charge in [-0.25, -0.2) is 0 Å². The fraction of sp³-hybridized carbons (Fsp3) is 0.455. The van der Waals surface area contributed by atoms with E-state index in [1.54, 1.807) is 23.8 Å². The SMILES string of the molecule is CCC(=O)N(CCOC)CC(=O)N(CCc1ccccc1)Cc1ccc(C)o1. The van der Waals surface area contributed by atoms with Crippen LogP contribution in [0.5, 0.6) is 0 Å². The highest BCUT2D eigenvalue weighted by Gasteiger charge is 2.21. The van der Waals surface area contributed by atoms with Crippen LogP contribution in [-0.4, -0.2) is 55.0 Å². The largest absolute Gasteiger partial charge is 0.464 e. The second-order valence-corrected chi connectivity index (χ2v) is 6.72. The molecule has 0 unspecified atom stereocenters. The molecular weight excluding hydrogens is 356 g/mol. The molecule has 152 valence electrons. The van der Waals surface area contributed by atoms with Crippen LogP contribution in [0.2, 0.25) is 0 Å². The summed E-state index contributed by atoms with van der Waals surface area (Å²) in [6.45, 7) is 5.47. The van der Waals surface area contributed by atoms with Crippen molar-refractivity contribution in [3.05, 3.63) is 59.5 Å². The molecule has 0 radical (unpaired) electrons. The molecule has 6 heteroatoms. The summed E-state index contributed by atoms with van der Waals surface area (Å²) in [4.78, 5) is 28.5. The summed E-state index contributed by atoms with van der Waals surface area (Å²) in [5.74, 6) is 1.41. The number of rotatable bonds is 11. The maximum Gasteiger partial charge on any atom is 0.242 e. The van der Waals surface area contributed by atoms with E-state index in [1.807, 2.05) is 49.4 Å². The molecule has 0 N–H and O–H groups in total. The summed E-state index contributed by atoms with van der Waals surface area (Å²) >= 11 is 0. The van der Waals surface area contributed by atoms with Gasteiger partial charge in [0.05, 0.1) is 19.7 Å². The highest BCUT2D eigenvalue weighted by atomic mass is 16.5. The normalized spacial score (nSPS) is 10.7. The van der Waals surface area contributed by atoms with Crippen LogP contribution in [0.4, 0.5) is 0 Å². The van der Waals surface area contributed by atoms with Gasteiger partial charge < -0.3 is 19.0 Å². The quantitative estimate of drug-likeness (QED) is 0.595. The second-order valence-electron chi connectivity index (χ2n) is 6.72. The summed E-state index contributed by atoms with van der Waals surface area (Å²) in [6.07, 6.45) is 1.10. The molecule has 1 aromatic heterocycles. The van der Waals surface area contributed by atoms with Crippen LogP contribution in [0, 0.1) is 6.92 Å². The van der Waals surface area contributed by atoms with Crippen molar-refractivity contribution >= 4 is 11.8 Å². The van der Waals surface area contributed by atoms with Crippen LogP contribution in [-0.2, 0) is 27.3 Å². The molecule has 2 amide bonds. The Hall–Kier alpha value is -2.60. The van der Waals surface area contributed by atoms with Crippen LogP contribution >= 0.6 is 0 Å². The summed E-state index contributed by atoms with van der Waals surface area (Å²) < 4.78 is 10.7. The molecule has 0 saturated heterocycles. The zero-order valence-electron chi connectivity index (χ0n) is 17.0. The van der Waals surface area contributed by atoms with E-state index in [1.165, 1.54) is 0 Å². The van der Waals surface area contributed by atoms with Crippen molar-refractivity contribution in [1.82, 2.24) is 9.80 Å². The van der Waals surface area contributed by atoms with Gasteiger partial charge in [0, 0.05) is 26.6 Å². The first-order valence-electron chi connectivity index (χ1n) is 9.67. The molecule has 1 aromatic carbocycles. The van der Waals surface area contributed by atoms with Crippen molar-refractivity contribution in [2.75, 3.05) is 33.4 Å². The van der Waals surface area contributed by atoms with E-state index in [2.05, 4.69) is 0 Å². The van der Waals surface area contributed by atoms with E-state index in [9.17, 15) is 9.59 Å². The van der Waals surface area contributed by atoms with E-state index in [4.69, 9.17) is 9.15 Å². The molecule has 0 spiro atoms. The Labute approximate surface area is 167 Å². The van der Waals surface area contributed by atoms with Crippen molar-refractivity contribution in [3.63, 3.8) is 0 Å². The molecular formula is C22H30N2O4. The molecule has 1 heterocycles. The minimum Gasteiger partial charge on any atom is -0.464 e. The van der Waals surface area contributed by atoms with Gasteiger partial charge in [-0.05, 0) is 31.0 Å². The third-order valence-electron chi connectivity index (χ3n) is 4.56. The first kappa shape index (κ1) is 21.7. The first-order valence-corrected chi connectivity index (χ1v) is 9.67. The monoisotopic (exact) mass is 386 g/mol. The Morgan fingerprint density at radius 3 is 2.36 bits per heavy atom. The van der Waals surface area contributed by atoms with Gasteiger partial charge in [-0.2, -0.15) is 0 Å². The van der Waals surface area contributed by atoms with Crippen LogP contribution in [0.1, 0.15) is 30.4 Å². The number of nitrogens with zero attached hydrogens (tertiary/aromatic N) is 2. The van der Waals surface area contributed by atoms with Crippen LogP contribution in [0.25, 0.3) is 0 Å². The Morgan fingerprint density at radius 1 is 1.00 bits per heavy atom. The van der Waals surface area contributed by atoms with Gasteiger partial charge in [-0.1, -0.05) is 37.3 Å². The topological polar surface area (TPSA) is 63.0 Å². The zero-order valence-corrected chi connectivity index (χ0v) is 17.0. The number of amides is 2. The fourth-order valence-electron chi connectivity index (χ4n) is 2.94. The minimum atomic E-state index is -0.0945. The maximum atomic E-state index is 13.0. The Balaban J connectivity index is 2.08. The molecule has 0 fully saturated rings. The van der Waals surface area contributed by atoms with Crippen molar-refractivity contribution in [1.29, 1.82) is 0 Å². The van der Waals surface area contributed by atoms with Crippen molar-refractivity contribution in [2.24, 2.45) is 0 Å². The highest BCUT2D eigenvalue weighted by molar-refractivity contribution is 5.84. The smallest absolute Gasteiger partial charge is 0.242 e. The summed E-state index contributed by atoms with van der Waals surface area (Å²) in [5.41, 5.74) is 1.16. The van der Waals surface area contributed by atoms with Gasteiger partial charge in [0.2, 0.25) is 11.8 Å². The number of aryl methyl sites for hydroxylation is 1. The minimum absolute atomic E-state index is 0.0461. The molecule has 28 heavy (non-hydrogen) atoms. The zero-order chi connectivity index (χ0) is 20.4. The summed E-state index contributed by atoms with van der Waals surface area (Å²) in [6, 6.07) is 13.8. The lowest BCUT2D eigenvalue weighted by Gasteiger charge is -2.27. The van der Waals surface area contributed by atoms with Crippen LogP contribution in [0.15, 0.2) is 46.9 Å². The number of furan rings is 1. The molecule has 0 atom stereocenters. The van der Waals surface area contributed by atoms with Crippen molar-refractivity contribution in [3.8, 4) is 0 Å². The Bertz CT molecular complexity index is 742. The summed E-state index contributed by atoms with van der Waals surface area (Å²) in [7, 11) is 1.59. The number of carbonyl (C=O) groups excluding carboxylic acids is 2.